The number of amides is 3. The maximum Gasteiger partial charge on any atom is 0.327 e. The normalized spacial score (nSPS) is 30.1. The minimum Gasteiger partial charge on any atom is -0.316 e. The molecule has 2 heterocycles. The molecule has 3 amide bonds. The van der Waals surface area contributed by atoms with Crippen molar-refractivity contribution in [3.05, 3.63) is 0 Å². The van der Waals surface area contributed by atoms with Gasteiger partial charge in [-0.05, 0) is 13.8 Å². The fraction of sp³-hybridized carbons (Fsp3) is 0.818. The van der Waals surface area contributed by atoms with E-state index in [1.807, 2.05) is 13.8 Å². The van der Waals surface area contributed by atoms with Gasteiger partial charge in [-0.25, -0.2) is 13.2 Å². The molecule has 2 rings (SSSR count). The van der Waals surface area contributed by atoms with E-state index in [4.69, 9.17) is 0 Å². The van der Waals surface area contributed by atoms with Crippen LogP contribution < -0.4 is 0 Å². The standard InChI is InChI=1S/C11H18N2O4S/c1-4-10(14)13-9-6-18(16,17)5-8(9)12(7(2)3)11(13)15/h7-9H,4-6H2,1-3H3/t8-,9+/m0/s1. The van der Waals surface area contributed by atoms with Crippen LogP contribution in [0.4, 0.5) is 4.79 Å². The van der Waals surface area contributed by atoms with Crippen molar-refractivity contribution in [2.24, 2.45) is 0 Å². The summed E-state index contributed by atoms with van der Waals surface area (Å²) in [5.74, 6) is -0.428. The van der Waals surface area contributed by atoms with Crippen molar-refractivity contribution in [1.29, 1.82) is 0 Å². The van der Waals surface area contributed by atoms with E-state index >= 15 is 0 Å². The number of nitrogens with zero attached hydrogens (tertiary/aromatic N) is 2. The van der Waals surface area contributed by atoms with E-state index in [1.165, 1.54) is 4.90 Å². The van der Waals surface area contributed by atoms with Crippen LogP contribution in [0.3, 0.4) is 0 Å². The summed E-state index contributed by atoms with van der Waals surface area (Å²) >= 11 is 0. The van der Waals surface area contributed by atoms with Crippen LogP contribution in [0.5, 0.6) is 0 Å². The van der Waals surface area contributed by atoms with Crippen LogP contribution in [0.2, 0.25) is 0 Å². The molecule has 2 saturated heterocycles. The molecule has 2 aliphatic heterocycles. The predicted octanol–water partition coefficient (Wildman–Crippen LogP) is 0.235. The van der Waals surface area contributed by atoms with Crippen molar-refractivity contribution in [3.8, 4) is 0 Å². The van der Waals surface area contributed by atoms with Gasteiger partial charge in [0.15, 0.2) is 9.84 Å². The lowest BCUT2D eigenvalue weighted by molar-refractivity contribution is -0.128. The molecule has 0 aliphatic carbocycles. The molecular formula is C11H18N2O4S. The highest BCUT2D eigenvalue weighted by molar-refractivity contribution is 7.91. The number of hydrogen-bond donors (Lipinski definition) is 0. The number of fused-ring (bicyclic) bond motifs is 1. The number of urea groups is 1. The molecule has 0 bridgehead atoms. The van der Waals surface area contributed by atoms with Crippen molar-refractivity contribution < 1.29 is 18.0 Å². The second-order valence-electron chi connectivity index (χ2n) is 5.11. The average molecular weight is 274 g/mol. The van der Waals surface area contributed by atoms with E-state index in [0.29, 0.717) is 0 Å². The number of carbonyl (C=O) groups is 2. The molecular weight excluding hydrogens is 256 g/mol. The van der Waals surface area contributed by atoms with Gasteiger partial charge in [0.1, 0.15) is 0 Å². The van der Waals surface area contributed by atoms with E-state index in [0.717, 1.165) is 4.90 Å². The van der Waals surface area contributed by atoms with Crippen molar-refractivity contribution in [3.63, 3.8) is 0 Å². The molecule has 0 radical (unpaired) electrons. The van der Waals surface area contributed by atoms with Gasteiger partial charge in [0.25, 0.3) is 0 Å². The Morgan fingerprint density at radius 2 is 1.89 bits per heavy atom. The molecule has 0 aromatic carbocycles. The van der Waals surface area contributed by atoms with Gasteiger partial charge in [-0.3, -0.25) is 9.69 Å². The molecule has 2 aliphatic rings. The van der Waals surface area contributed by atoms with Gasteiger partial charge in [0, 0.05) is 12.5 Å². The van der Waals surface area contributed by atoms with Gasteiger partial charge >= 0.3 is 6.03 Å². The summed E-state index contributed by atoms with van der Waals surface area (Å²) in [6, 6.07) is -1.33. The van der Waals surface area contributed by atoms with Crippen LogP contribution in [0, 0.1) is 0 Å². The van der Waals surface area contributed by atoms with Crippen LogP contribution in [0.15, 0.2) is 0 Å². The zero-order valence-corrected chi connectivity index (χ0v) is 11.6. The Labute approximate surface area is 107 Å². The third-order valence-corrected chi connectivity index (χ3v) is 5.24. The Balaban J connectivity index is 2.39. The first-order valence-electron chi connectivity index (χ1n) is 6.13. The molecule has 0 unspecified atom stereocenters. The molecule has 7 heteroatoms. The van der Waals surface area contributed by atoms with Gasteiger partial charge < -0.3 is 4.90 Å². The Kier molecular flexibility index (Phi) is 3.12. The second kappa shape index (κ2) is 4.22. The molecule has 0 aromatic heterocycles. The maximum atomic E-state index is 12.2. The highest BCUT2D eigenvalue weighted by Crippen LogP contribution is 2.32. The average Bonchev–Trinajstić information content (AvgIpc) is 2.65. The molecule has 18 heavy (non-hydrogen) atoms. The van der Waals surface area contributed by atoms with Crippen molar-refractivity contribution >= 4 is 21.8 Å². The van der Waals surface area contributed by atoms with Gasteiger partial charge in [0.05, 0.1) is 23.6 Å². The second-order valence-corrected chi connectivity index (χ2v) is 7.27. The Morgan fingerprint density at radius 1 is 1.33 bits per heavy atom. The van der Waals surface area contributed by atoms with Crippen LogP contribution in [0.25, 0.3) is 0 Å². The molecule has 6 nitrogen and oxygen atoms in total. The van der Waals surface area contributed by atoms with Gasteiger partial charge in [-0.2, -0.15) is 0 Å². The first-order valence-corrected chi connectivity index (χ1v) is 7.95. The minimum absolute atomic E-state index is 0.0327. The lowest BCUT2D eigenvalue weighted by Gasteiger charge is -2.25. The third-order valence-electron chi connectivity index (χ3n) is 3.54. The fourth-order valence-electron chi connectivity index (χ4n) is 2.80. The summed E-state index contributed by atoms with van der Waals surface area (Å²) in [5, 5.41) is 0. The smallest absolute Gasteiger partial charge is 0.316 e. The van der Waals surface area contributed by atoms with E-state index < -0.39 is 15.9 Å². The van der Waals surface area contributed by atoms with E-state index in [-0.39, 0.29) is 41.9 Å². The van der Waals surface area contributed by atoms with E-state index in [2.05, 4.69) is 0 Å². The largest absolute Gasteiger partial charge is 0.327 e. The number of hydrogen-bond acceptors (Lipinski definition) is 4. The molecule has 2 atom stereocenters. The quantitative estimate of drug-likeness (QED) is 0.676. The van der Waals surface area contributed by atoms with E-state index in [1.54, 1.807) is 6.92 Å². The highest BCUT2D eigenvalue weighted by Gasteiger charge is 2.55. The predicted molar refractivity (Wildman–Crippen MR) is 65.7 cm³/mol. The first kappa shape index (κ1) is 13.3. The molecule has 2 fully saturated rings. The summed E-state index contributed by atoms with van der Waals surface area (Å²) in [4.78, 5) is 26.7. The lowest BCUT2D eigenvalue weighted by Crippen LogP contribution is -2.43. The summed E-state index contributed by atoms with van der Waals surface area (Å²) < 4.78 is 23.4. The number of sulfone groups is 1. The number of imide groups is 1. The lowest BCUT2D eigenvalue weighted by atomic mass is 10.1. The molecule has 0 aromatic rings. The van der Waals surface area contributed by atoms with Crippen LogP contribution >= 0.6 is 0 Å². The maximum absolute atomic E-state index is 12.2. The van der Waals surface area contributed by atoms with Crippen molar-refractivity contribution in [1.82, 2.24) is 9.80 Å². The SMILES string of the molecule is CCC(=O)N1C(=O)N(C(C)C)[C@H]2CS(=O)(=O)C[C@H]21. The number of rotatable bonds is 2. The minimum atomic E-state index is -3.16. The molecule has 0 saturated carbocycles. The van der Waals surface area contributed by atoms with Crippen molar-refractivity contribution in [2.75, 3.05) is 11.5 Å². The molecule has 0 N–H and O–H groups in total. The van der Waals surface area contributed by atoms with E-state index in [9.17, 15) is 18.0 Å². The summed E-state index contributed by atoms with van der Waals surface area (Å²) in [6.45, 7) is 5.34. The topological polar surface area (TPSA) is 74.8 Å². The zero-order chi connectivity index (χ0) is 13.7. The summed E-state index contributed by atoms with van der Waals surface area (Å²) in [7, 11) is -3.16. The Bertz CT molecular complexity index is 485. The molecule has 0 spiro atoms. The first-order chi connectivity index (χ1) is 8.28. The van der Waals surface area contributed by atoms with Gasteiger partial charge in [-0.15, -0.1) is 0 Å². The summed E-state index contributed by atoms with van der Waals surface area (Å²) in [5.41, 5.74) is 0. The molecule has 102 valence electrons. The third kappa shape index (κ3) is 1.90. The van der Waals surface area contributed by atoms with Gasteiger partial charge in [0.2, 0.25) is 5.91 Å². The van der Waals surface area contributed by atoms with Crippen LogP contribution in [0.1, 0.15) is 27.2 Å². The van der Waals surface area contributed by atoms with Crippen LogP contribution in [-0.2, 0) is 14.6 Å². The monoisotopic (exact) mass is 274 g/mol. The number of carbonyl (C=O) groups excluding carboxylic acids is 2. The highest BCUT2D eigenvalue weighted by atomic mass is 32.2. The summed E-state index contributed by atoms with van der Waals surface area (Å²) in [6.07, 6.45) is 0.209. The Hall–Kier alpha value is -1.11. The van der Waals surface area contributed by atoms with Crippen LogP contribution in [-0.4, -0.2) is 59.8 Å². The van der Waals surface area contributed by atoms with Gasteiger partial charge in [-0.1, -0.05) is 6.92 Å². The Morgan fingerprint density at radius 3 is 2.39 bits per heavy atom. The zero-order valence-electron chi connectivity index (χ0n) is 10.8. The van der Waals surface area contributed by atoms with Crippen molar-refractivity contribution in [2.45, 2.75) is 45.3 Å². The fourth-order valence-corrected chi connectivity index (χ4v) is 4.73.